The maximum Gasteiger partial charge on any atom is 0.0857 e. The quantitative estimate of drug-likeness (QED) is 0.502. The van der Waals surface area contributed by atoms with Crippen molar-refractivity contribution >= 4 is 11.4 Å². The second kappa shape index (κ2) is 6.50. The molecule has 0 unspecified atom stereocenters. The van der Waals surface area contributed by atoms with Crippen LogP contribution in [0.4, 0.5) is 11.4 Å². The van der Waals surface area contributed by atoms with Crippen molar-refractivity contribution < 1.29 is 0 Å². The Hall–Kier alpha value is -2.22. The molecule has 0 aliphatic heterocycles. The number of hydrogen-bond acceptors (Lipinski definition) is 2. The SMILES string of the molecule is C=CCCc1ccc(/N=N/c2ccccc2)cc1. The fraction of sp³-hybridized carbons (Fsp3) is 0.125. The van der Waals surface area contributed by atoms with E-state index in [4.69, 9.17) is 0 Å². The first-order chi connectivity index (χ1) is 8.88. The molecule has 0 spiro atoms. The Kier molecular flexibility index (Phi) is 4.42. The van der Waals surface area contributed by atoms with Crippen molar-refractivity contribution in [3.8, 4) is 0 Å². The minimum absolute atomic E-state index is 0.869. The Morgan fingerprint density at radius 2 is 1.44 bits per heavy atom. The molecule has 2 nitrogen and oxygen atoms in total. The third-order valence-corrected chi connectivity index (χ3v) is 2.61. The summed E-state index contributed by atoms with van der Waals surface area (Å²) in [5.41, 5.74) is 3.04. The van der Waals surface area contributed by atoms with Gasteiger partial charge in [0.05, 0.1) is 11.4 Å². The minimum atomic E-state index is 0.869. The molecular formula is C16H16N2. The zero-order valence-electron chi connectivity index (χ0n) is 10.3. The molecule has 2 rings (SSSR count). The number of benzene rings is 2. The van der Waals surface area contributed by atoms with E-state index < -0.39 is 0 Å². The summed E-state index contributed by atoms with van der Waals surface area (Å²) >= 11 is 0. The van der Waals surface area contributed by atoms with Crippen LogP contribution >= 0.6 is 0 Å². The average Bonchev–Trinajstić information content (AvgIpc) is 2.45. The van der Waals surface area contributed by atoms with E-state index >= 15 is 0 Å². The number of rotatable bonds is 5. The Morgan fingerprint density at radius 1 is 0.833 bits per heavy atom. The fourth-order valence-electron chi connectivity index (χ4n) is 1.61. The van der Waals surface area contributed by atoms with Crippen LogP contribution in [0.25, 0.3) is 0 Å². The van der Waals surface area contributed by atoms with E-state index in [1.165, 1.54) is 5.56 Å². The zero-order valence-corrected chi connectivity index (χ0v) is 10.3. The van der Waals surface area contributed by atoms with Crippen molar-refractivity contribution in [2.24, 2.45) is 10.2 Å². The molecular weight excluding hydrogens is 220 g/mol. The van der Waals surface area contributed by atoms with Crippen molar-refractivity contribution in [1.29, 1.82) is 0 Å². The summed E-state index contributed by atoms with van der Waals surface area (Å²) in [7, 11) is 0. The molecule has 0 aliphatic rings. The summed E-state index contributed by atoms with van der Waals surface area (Å²) in [6.07, 6.45) is 3.97. The zero-order chi connectivity index (χ0) is 12.6. The third-order valence-electron chi connectivity index (χ3n) is 2.61. The molecule has 0 aliphatic carbocycles. The minimum Gasteiger partial charge on any atom is -0.151 e. The smallest absolute Gasteiger partial charge is 0.0857 e. The standard InChI is InChI=1S/C16H16N2/c1-2-3-7-14-10-12-16(13-11-14)18-17-15-8-5-4-6-9-15/h2,4-6,8-13H,1,3,7H2/b18-17+. The van der Waals surface area contributed by atoms with Crippen molar-refractivity contribution in [3.63, 3.8) is 0 Å². The normalized spacial score (nSPS) is 10.7. The van der Waals surface area contributed by atoms with Gasteiger partial charge in [-0.2, -0.15) is 10.2 Å². The van der Waals surface area contributed by atoms with Crippen LogP contribution in [0, 0.1) is 0 Å². The molecule has 0 saturated heterocycles. The molecule has 0 N–H and O–H groups in total. The molecule has 2 heteroatoms. The van der Waals surface area contributed by atoms with Crippen LogP contribution in [0.2, 0.25) is 0 Å². The number of nitrogens with zero attached hydrogens (tertiary/aromatic N) is 2. The summed E-state index contributed by atoms with van der Waals surface area (Å²) in [5.74, 6) is 0. The predicted molar refractivity (Wildman–Crippen MR) is 75.6 cm³/mol. The van der Waals surface area contributed by atoms with E-state index in [0.717, 1.165) is 24.2 Å². The predicted octanol–water partition coefficient (Wildman–Crippen LogP) is 5.22. The molecule has 0 heterocycles. The van der Waals surface area contributed by atoms with Crippen LogP contribution in [-0.4, -0.2) is 0 Å². The first-order valence-electron chi connectivity index (χ1n) is 6.05. The summed E-state index contributed by atoms with van der Waals surface area (Å²) in [4.78, 5) is 0. The van der Waals surface area contributed by atoms with Crippen LogP contribution in [0.3, 0.4) is 0 Å². The number of azo groups is 1. The molecule has 0 radical (unpaired) electrons. The molecule has 0 atom stereocenters. The summed E-state index contributed by atoms with van der Waals surface area (Å²) < 4.78 is 0. The van der Waals surface area contributed by atoms with Crippen molar-refractivity contribution in [1.82, 2.24) is 0 Å². The molecule has 90 valence electrons. The van der Waals surface area contributed by atoms with Gasteiger partial charge in [-0.15, -0.1) is 6.58 Å². The van der Waals surface area contributed by atoms with Crippen molar-refractivity contribution in [3.05, 3.63) is 72.8 Å². The fourth-order valence-corrected chi connectivity index (χ4v) is 1.61. The highest BCUT2D eigenvalue weighted by Gasteiger charge is 1.93. The molecule has 0 amide bonds. The van der Waals surface area contributed by atoms with E-state index in [-0.39, 0.29) is 0 Å². The Bertz CT molecular complexity index is 513. The van der Waals surface area contributed by atoms with E-state index in [9.17, 15) is 0 Å². The highest BCUT2D eigenvalue weighted by atomic mass is 15.1. The lowest BCUT2D eigenvalue weighted by molar-refractivity contribution is 1.00. The Balaban J connectivity index is 2.02. The maximum atomic E-state index is 4.20. The summed E-state index contributed by atoms with van der Waals surface area (Å²) in [5, 5.41) is 8.38. The van der Waals surface area contributed by atoms with Gasteiger partial charge in [-0.25, -0.2) is 0 Å². The van der Waals surface area contributed by atoms with Gasteiger partial charge in [0.1, 0.15) is 0 Å². The number of allylic oxidation sites excluding steroid dienone is 1. The number of aryl methyl sites for hydroxylation is 1. The highest BCUT2D eigenvalue weighted by Crippen LogP contribution is 2.18. The Labute approximate surface area is 108 Å². The monoisotopic (exact) mass is 236 g/mol. The maximum absolute atomic E-state index is 4.20. The van der Waals surface area contributed by atoms with Gasteiger partial charge < -0.3 is 0 Å². The first kappa shape index (κ1) is 12.2. The largest absolute Gasteiger partial charge is 0.151 e. The van der Waals surface area contributed by atoms with Crippen molar-refractivity contribution in [2.45, 2.75) is 12.8 Å². The van der Waals surface area contributed by atoms with Crippen LogP contribution in [-0.2, 0) is 6.42 Å². The lowest BCUT2D eigenvalue weighted by Crippen LogP contribution is -1.80. The summed E-state index contributed by atoms with van der Waals surface area (Å²) in [6, 6.07) is 17.9. The van der Waals surface area contributed by atoms with Crippen LogP contribution in [0.5, 0.6) is 0 Å². The molecule has 2 aromatic rings. The van der Waals surface area contributed by atoms with Gasteiger partial charge in [0.2, 0.25) is 0 Å². The van der Waals surface area contributed by atoms with Gasteiger partial charge in [0, 0.05) is 0 Å². The first-order valence-corrected chi connectivity index (χ1v) is 6.05. The van der Waals surface area contributed by atoms with Gasteiger partial charge in [0.25, 0.3) is 0 Å². The highest BCUT2D eigenvalue weighted by molar-refractivity contribution is 5.41. The topological polar surface area (TPSA) is 24.7 Å². The molecule has 0 fully saturated rings. The van der Waals surface area contributed by atoms with Crippen LogP contribution < -0.4 is 0 Å². The van der Waals surface area contributed by atoms with E-state index in [1.54, 1.807) is 0 Å². The van der Waals surface area contributed by atoms with Gasteiger partial charge in [-0.3, -0.25) is 0 Å². The van der Waals surface area contributed by atoms with Gasteiger partial charge in [-0.1, -0.05) is 36.4 Å². The molecule has 2 aromatic carbocycles. The van der Waals surface area contributed by atoms with Crippen LogP contribution in [0.1, 0.15) is 12.0 Å². The van der Waals surface area contributed by atoms with Gasteiger partial charge >= 0.3 is 0 Å². The molecule has 0 saturated carbocycles. The van der Waals surface area contributed by atoms with Gasteiger partial charge in [0.15, 0.2) is 0 Å². The average molecular weight is 236 g/mol. The lowest BCUT2D eigenvalue weighted by Gasteiger charge is -1.98. The molecule has 18 heavy (non-hydrogen) atoms. The van der Waals surface area contributed by atoms with Crippen molar-refractivity contribution in [2.75, 3.05) is 0 Å². The van der Waals surface area contributed by atoms with Crippen LogP contribution in [0.15, 0.2) is 77.5 Å². The summed E-state index contributed by atoms with van der Waals surface area (Å²) in [6.45, 7) is 3.72. The van der Waals surface area contributed by atoms with E-state index in [2.05, 4.69) is 28.9 Å². The van der Waals surface area contributed by atoms with E-state index in [1.807, 2.05) is 48.5 Å². The molecule has 0 aromatic heterocycles. The molecule has 0 bridgehead atoms. The second-order valence-electron chi connectivity index (χ2n) is 4.03. The Morgan fingerprint density at radius 3 is 2.06 bits per heavy atom. The lowest BCUT2D eigenvalue weighted by atomic mass is 10.1. The van der Waals surface area contributed by atoms with Gasteiger partial charge in [-0.05, 0) is 42.7 Å². The number of hydrogen-bond donors (Lipinski definition) is 0. The third kappa shape index (κ3) is 3.67. The van der Waals surface area contributed by atoms with E-state index in [0.29, 0.717) is 0 Å². The second-order valence-corrected chi connectivity index (χ2v) is 4.03.